The van der Waals surface area contributed by atoms with Gasteiger partial charge in [-0.15, -0.1) is 11.6 Å². The Hall–Kier alpha value is -2.34. The number of aliphatic carboxylic acids is 1. The molecule has 6 nitrogen and oxygen atoms in total. The number of pyridine rings is 1. The Morgan fingerprint density at radius 1 is 1.48 bits per heavy atom. The molecule has 0 atom stereocenters. The second kappa shape index (κ2) is 7.78. The molecule has 2 aromatic heterocycles. The summed E-state index contributed by atoms with van der Waals surface area (Å²) in [6.45, 7) is 1.89. The smallest absolute Gasteiger partial charge is 0.331 e. The molecule has 0 amide bonds. The van der Waals surface area contributed by atoms with Crippen LogP contribution in [0.2, 0.25) is 0 Å². The molecule has 0 aliphatic rings. The number of alkyl halides is 1. The first kappa shape index (κ1) is 17.0. The number of ether oxygens (including phenoxy) is 1. The number of imidazole rings is 1. The van der Waals surface area contributed by atoms with Gasteiger partial charge in [-0.1, -0.05) is 0 Å². The van der Waals surface area contributed by atoms with E-state index in [1.807, 2.05) is 19.2 Å². The number of nitrogens with zero attached hydrogens (tertiary/aromatic N) is 3. The normalized spacial score (nSPS) is 11.5. The van der Waals surface area contributed by atoms with Crippen LogP contribution < -0.4 is 4.74 Å². The summed E-state index contributed by atoms with van der Waals surface area (Å²) in [6.07, 6.45) is 6.07. The fraction of sp³-hybridized carbons (Fsp3) is 0.312. The van der Waals surface area contributed by atoms with Crippen LogP contribution in [0.1, 0.15) is 24.2 Å². The Morgan fingerprint density at radius 2 is 2.26 bits per heavy atom. The number of carboxylic acid groups (broad SMARTS) is 1. The van der Waals surface area contributed by atoms with Crippen LogP contribution >= 0.6 is 11.6 Å². The molecule has 0 spiro atoms. The van der Waals surface area contributed by atoms with Gasteiger partial charge in [0.25, 0.3) is 0 Å². The molecule has 0 radical (unpaired) electrons. The molecule has 0 unspecified atom stereocenters. The highest BCUT2D eigenvalue weighted by Gasteiger charge is 2.11. The minimum Gasteiger partial charge on any atom is -0.479 e. The van der Waals surface area contributed by atoms with E-state index in [0.29, 0.717) is 30.3 Å². The van der Waals surface area contributed by atoms with Crippen molar-refractivity contribution >= 4 is 23.6 Å². The molecule has 0 fully saturated rings. The lowest BCUT2D eigenvalue weighted by atomic mass is 10.1. The van der Waals surface area contributed by atoms with Gasteiger partial charge in [0.05, 0.1) is 24.8 Å². The van der Waals surface area contributed by atoms with E-state index < -0.39 is 5.97 Å². The molecule has 0 saturated carbocycles. The zero-order valence-corrected chi connectivity index (χ0v) is 13.7. The maximum absolute atomic E-state index is 11.3. The predicted octanol–water partition coefficient (Wildman–Crippen LogP) is 3.07. The molecule has 122 valence electrons. The van der Waals surface area contributed by atoms with Crippen molar-refractivity contribution in [2.75, 3.05) is 13.0 Å². The van der Waals surface area contributed by atoms with Crippen LogP contribution in [-0.4, -0.2) is 38.6 Å². The molecule has 0 aromatic carbocycles. The van der Waals surface area contributed by atoms with E-state index in [1.165, 1.54) is 7.11 Å². The van der Waals surface area contributed by atoms with E-state index >= 15 is 0 Å². The molecule has 0 bridgehead atoms. The zero-order valence-electron chi connectivity index (χ0n) is 13.0. The second-order valence-electron chi connectivity index (χ2n) is 4.95. The fourth-order valence-corrected chi connectivity index (χ4v) is 2.24. The topological polar surface area (TPSA) is 77.2 Å². The van der Waals surface area contributed by atoms with Gasteiger partial charge < -0.3 is 14.4 Å². The standard InChI is InChI=1S/C16H18ClN3O3/c1-11-9-20(10-18-11)14-6-5-13(19-15(14)23-2)8-12(16(21)22)4-3-7-17/h5-6,8-10H,3-4,7H2,1-2H3,(H,21,22)/b12-8+. The molecule has 2 aromatic rings. The summed E-state index contributed by atoms with van der Waals surface area (Å²) >= 11 is 5.63. The van der Waals surface area contributed by atoms with Crippen molar-refractivity contribution in [2.45, 2.75) is 19.8 Å². The monoisotopic (exact) mass is 335 g/mol. The molecule has 23 heavy (non-hydrogen) atoms. The van der Waals surface area contributed by atoms with Gasteiger partial charge in [0.2, 0.25) is 5.88 Å². The molecule has 0 saturated heterocycles. The van der Waals surface area contributed by atoms with Crippen LogP contribution in [0.3, 0.4) is 0 Å². The van der Waals surface area contributed by atoms with Crippen molar-refractivity contribution in [1.82, 2.24) is 14.5 Å². The summed E-state index contributed by atoms with van der Waals surface area (Å²) in [5, 5.41) is 9.24. The van der Waals surface area contributed by atoms with Crippen LogP contribution in [-0.2, 0) is 4.79 Å². The SMILES string of the molecule is COc1nc(/C=C(\CCCCl)C(=O)O)ccc1-n1cnc(C)c1. The molecular formula is C16H18ClN3O3. The number of aromatic nitrogens is 3. The van der Waals surface area contributed by atoms with E-state index in [0.717, 1.165) is 11.4 Å². The number of aryl methyl sites for hydroxylation is 1. The third-order valence-corrected chi connectivity index (χ3v) is 3.49. The second-order valence-corrected chi connectivity index (χ2v) is 5.33. The van der Waals surface area contributed by atoms with E-state index in [9.17, 15) is 9.90 Å². The van der Waals surface area contributed by atoms with Gasteiger partial charge in [-0.25, -0.2) is 14.8 Å². The Balaban J connectivity index is 2.36. The lowest BCUT2D eigenvalue weighted by molar-refractivity contribution is -0.132. The molecule has 1 N–H and O–H groups in total. The van der Waals surface area contributed by atoms with Crippen molar-refractivity contribution in [1.29, 1.82) is 0 Å². The number of hydrogen-bond acceptors (Lipinski definition) is 4. The van der Waals surface area contributed by atoms with Gasteiger partial charge in [0.15, 0.2) is 0 Å². The van der Waals surface area contributed by atoms with Gasteiger partial charge in [-0.2, -0.15) is 0 Å². The van der Waals surface area contributed by atoms with Crippen molar-refractivity contribution in [2.24, 2.45) is 0 Å². The van der Waals surface area contributed by atoms with Gasteiger partial charge in [0.1, 0.15) is 5.69 Å². The first-order valence-corrected chi connectivity index (χ1v) is 7.64. The third-order valence-electron chi connectivity index (χ3n) is 3.22. The number of methoxy groups -OCH3 is 1. The number of rotatable bonds is 7. The first-order valence-electron chi connectivity index (χ1n) is 7.11. The largest absolute Gasteiger partial charge is 0.479 e. The molecule has 7 heteroatoms. The minimum atomic E-state index is -0.967. The maximum Gasteiger partial charge on any atom is 0.331 e. The van der Waals surface area contributed by atoms with Gasteiger partial charge >= 0.3 is 5.97 Å². The molecule has 2 rings (SSSR count). The first-order chi connectivity index (χ1) is 11.0. The summed E-state index contributed by atoms with van der Waals surface area (Å²) in [7, 11) is 1.52. The van der Waals surface area contributed by atoms with Crippen LogP contribution in [0.25, 0.3) is 11.8 Å². The van der Waals surface area contributed by atoms with Crippen LogP contribution in [0.4, 0.5) is 0 Å². The number of carboxylic acids is 1. The molecule has 2 heterocycles. The van der Waals surface area contributed by atoms with Crippen molar-refractivity contribution in [3.8, 4) is 11.6 Å². The molecular weight excluding hydrogens is 318 g/mol. The molecule has 0 aliphatic heterocycles. The minimum absolute atomic E-state index is 0.270. The number of carbonyl (C=O) groups is 1. The van der Waals surface area contributed by atoms with E-state index in [4.69, 9.17) is 16.3 Å². The maximum atomic E-state index is 11.3. The average Bonchev–Trinajstić information content (AvgIpc) is 2.97. The van der Waals surface area contributed by atoms with Gasteiger partial charge in [-0.3, -0.25) is 0 Å². The van der Waals surface area contributed by atoms with Crippen molar-refractivity contribution in [3.63, 3.8) is 0 Å². The Kier molecular flexibility index (Phi) is 5.76. The van der Waals surface area contributed by atoms with Crippen LogP contribution in [0.15, 0.2) is 30.2 Å². The highest BCUT2D eigenvalue weighted by molar-refractivity contribution is 6.17. The molecule has 0 aliphatic carbocycles. The Bertz CT molecular complexity index is 725. The quantitative estimate of drug-likeness (QED) is 0.621. The summed E-state index contributed by atoms with van der Waals surface area (Å²) in [5.41, 5.74) is 2.41. The summed E-state index contributed by atoms with van der Waals surface area (Å²) in [4.78, 5) is 19.8. The van der Waals surface area contributed by atoms with Crippen molar-refractivity contribution < 1.29 is 14.6 Å². The lowest BCUT2D eigenvalue weighted by Gasteiger charge is -2.09. The number of halogens is 1. The summed E-state index contributed by atoms with van der Waals surface area (Å²) < 4.78 is 7.12. The van der Waals surface area contributed by atoms with Crippen LogP contribution in [0, 0.1) is 6.92 Å². The van der Waals surface area contributed by atoms with Gasteiger partial charge in [0, 0.05) is 17.6 Å². The Labute approximate surface area is 139 Å². The highest BCUT2D eigenvalue weighted by atomic mass is 35.5. The zero-order chi connectivity index (χ0) is 16.8. The summed E-state index contributed by atoms with van der Waals surface area (Å²) in [5.74, 6) is -0.149. The van der Waals surface area contributed by atoms with Crippen molar-refractivity contribution in [3.05, 3.63) is 41.6 Å². The van der Waals surface area contributed by atoms with E-state index in [2.05, 4.69) is 9.97 Å². The third kappa shape index (κ3) is 4.32. The lowest BCUT2D eigenvalue weighted by Crippen LogP contribution is -2.03. The predicted molar refractivity (Wildman–Crippen MR) is 88.2 cm³/mol. The van der Waals surface area contributed by atoms with Crippen LogP contribution in [0.5, 0.6) is 5.88 Å². The Morgan fingerprint density at radius 3 is 2.83 bits per heavy atom. The fourth-order valence-electron chi connectivity index (χ4n) is 2.10. The van der Waals surface area contributed by atoms with E-state index in [-0.39, 0.29) is 5.57 Å². The van der Waals surface area contributed by atoms with E-state index in [1.54, 1.807) is 23.0 Å². The highest BCUT2D eigenvalue weighted by Crippen LogP contribution is 2.22. The summed E-state index contributed by atoms with van der Waals surface area (Å²) in [6, 6.07) is 3.57. The average molecular weight is 336 g/mol. The number of hydrogen-bond donors (Lipinski definition) is 1. The van der Waals surface area contributed by atoms with Gasteiger partial charge in [-0.05, 0) is 38.0 Å².